The molecule has 7 heterocycles. The molecular formula is C61H78N11O16PS2. The van der Waals surface area contributed by atoms with Crippen molar-refractivity contribution < 1.29 is 74.6 Å². The van der Waals surface area contributed by atoms with Crippen LogP contribution >= 0.6 is 18.6 Å². The predicted molar refractivity (Wildman–Crippen MR) is 334 cm³/mol. The van der Waals surface area contributed by atoms with Gasteiger partial charge in [0.2, 0.25) is 17.7 Å². The van der Waals surface area contributed by atoms with Gasteiger partial charge in [-0.2, -0.15) is 5.26 Å². The third kappa shape index (κ3) is 17.3. The van der Waals surface area contributed by atoms with E-state index in [1.165, 1.54) is 4.90 Å². The van der Waals surface area contributed by atoms with Gasteiger partial charge in [0.1, 0.15) is 42.6 Å². The maximum absolute atomic E-state index is 14.7. The molecule has 3 aromatic heterocycles. The second-order valence-corrected chi connectivity index (χ2v) is 30.1. The molecule has 490 valence electrons. The highest BCUT2D eigenvalue weighted by molar-refractivity contribution is 8.72. The average Bonchev–Trinajstić information content (AvgIpc) is 1.74. The molecule has 0 radical (unpaired) electrons. The molecule has 0 spiro atoms. The van der Waals surface area contributed by atoms with Crippen molar-refractivity contribution in [3.8, 4) is 34.8 Å². The molecule has 5 aromatic rings. The van der Waals surface area contributed by atoms with E-state index in [-0.39, 0.29) is 60.9 Å². The molecule has 5 N–H and O–H groups in total. The topological polar surface area (TPSA) is 347 Å². The summed E-state index contributed by atoms with van der Waals surface area (Å²) in [5, 5.41) is 24.4. The van der Waals surface area contributed by atoms with Crippen LogP contribution in [0, 0.1) is 17.2 Å². The molecule has 4 saturated heterocycles. The van der Waals surface area contributed by atoms with E-state index in [9.17, 15) is 32.6 Å². The highest BCUT2D eigenvalue weighted by Crippen LogP contribution is 2.42. The van der Waals surface area contributed by atoms with E-state index in [1.807, 2.05) is 32.0 Å². The van der Waals surface area contributed by atoms with Gasteiger partial charge in [0.25, 0.3) is 5.88 Å². The van der Waals surface area contributed by atoms with Crippen molar-refractivity contribution in [2.45, 2.75) is 145 Å². The summed E-state index contributed by atoms with van der Waals surface area (Å²) in [5.74, 6) is -0.499. The maximum Gasteiger partial charge on any atom is 0.508 e. The number of phosphoric acid groups is 1. The quantitative estimate of drug-likeness (QED) is 0.0188. The molecule has 1 aliphatic carbocycles. The van der Waals surface area contributed by atoms with E-state index in [2.05, 4.69) is 50.9 Å². The fourth-order valence-electron chi connectivity index (χ4n) is 12.4. The normalized spacial score (nSPS) is 22.5. The number of likely N-dealkylation sites (tertiary alicyclic amines) is 2. The lowest BCUT2D eigenvalue weighted by atomic mass is 9.91. The molecule has 4 unspecified atom stereocenters. The van der Waals surface area contributed by atoms with E-state index in [4.69, 9.17) is 48.5 Å². The molecule has 5 aliphatic rings. The lowest BCUT2D eigenvalue weighted by molar-refractivity contribution is -0.141. The second kappa shape index (κ2) is 29.1. The number of ether oxygens (including phenoxy) is 6. The summed E-state index contributed by atoms with van der Waals surface area (Å²) in [6.45, 7) is 11.8. The number of rotatable bonds is 26. The zero-order valence-electron chi connectivity index (χ0n) is 51.5. The van der Waals surface area contributed by atoms with E-state index in [1.54, 1.807) is 81.6 Å². The number of aromatic nitrogens is 4. The third-order valence-electron chi connectivity index (χ3n) is 17.2. The monoisotopic (exact) mass is 1320 g/mol. The molecule has 5 fully saturated rings. The average molecular weight is 1320 g/mol. The number of amides is 2. The number of hydrogen-bond donors (Lipinski definition) is 4. The SMILES string of the molecule is CC(OC(=O)O[C@@H]1C[C@@H](C(=O)N[C@@H](C)c2ccc(C#N)cc2)N(C(=O)[C@@H](c2cc(OCCN3CCC(O[C@H]4C[C@H](Oc5cc(N6C7CCC6CN(c6cc(-c8ccccc8OCOP(=O)(O)O)nnc6N)C7)ccn5)C4)CC3)no2)C(C)C)C1)C(C)SS(C)(=O)=O. The Morgan fingerprint density at radius 2 is 1.60 bits per heavy atom. The number of nitrogens with one attached hydrogen (secondary N) is 1. The molecule has 2 aromatic carbocycles. The van der Waals surface area contributed by atoms with Crippen LogP contribution in [0.15, 0.2) is 83.5 Å². The second-order valence-electron chi connectivity index (χ2n) is 24.1. The Hall–Kier alpha value is -7.29. The molecule has 30 heteroatoms. The van der Waals surface area contributed by atoms with Gasteiger partial charge >= 0.3 is 14.0 Å². The molecule has 4 aliphatic heterocycles. The molecule has 10 rings (SSSR count). The van der Waals surface area contributed by atoms with Crippen LogP contribution in [-0.4, -0.2) is 179 Å². The number of pyridine rings is 1. The number of phosphoric ester groups is 1. The fraction of sp³-hybridized carbons (Fsp3) is 0.541. The van der Waals surface area contributed by atoms with Crippen molar-refractivity contribution in [3.05, 3.63) is 95.9 Å². The number of hydrogen-bond acceptors (Lipinski definition) is 24. The summed E-state index contributed by atoms with van der Waals surface area (Å²) in [7, 11) is -7.50. The number of anilines is 3. The fourth-order valence-corrected chi connectivity index (χ4v) is 15.5. The number of fused-ring (bicyclic) bond motifs is 2. The Morgan fingerprint density at radius 1 is 0.879 bits per heavy atom. The van der Waals surface area contributed by atoms with Crippen molar-refractivity contribution in [3.63, 3.8) is 0 Å². The van der Waals surface area contributed by atoms with Gasteiger partial charge in [0.05, 0.1) is 53.1 Å². The van der Waals surface area contributed by atoms with E-state index in [0.29, 0.717) is 71.3 Å². The van der Waals surface area contributed by atoms with Gasteiger partial charge in [-0.25, -0.2) is 27.3 Å². The molecule has 2 amide bonds. The lowest BCUT2D eigenvalue weighted by Gasteiger charge is -2.43. The maximum atomic E-state index is 14.7. The Kier molecular flexibility index (Phi) is 21.3. The molecule has 91 heavy (non-hydrogen) atoms. The van der Waals surface area contributed by atoms with Gasteiger partial charge in [0.15, 0.2) is 27.2 Å². The predicted octanol–water partition coefficient (Wildman–Crippen LogP) is 6.96. The van der Waals surface area contributed by atoms with Crippen LogP contribution in [0.2, 0.25) is 0 Å². The number of nitrogen functional groups attached to an aromatic ring is 1. The van der Waals surface area contributed by atoms with Crippen LogP contribution in [0.5, 0.6) is 17.5 Å². The first kappa shape index (κ1) is 66.6. The van der Waals surface area contributed by atoms with Gasteiger partial charge in [-0.05, 0) is 110 Å². The highest BCUT2D eigenvalue weighted by Gasteiger charge is 2.46. The summed E-state index contributed by atoms with van der Waals surface area (Å²) in [5.41, 5.74) is 10.5. The standard InChI is InChI=1S/C61H78N11O16PS2/c1-36(2)57(60(74)71-34-48(87-61(75)84-38(4)39(5)90-91(6,79)80)28-52(71)59(73)65-37(3)41-13-11-40(31-62)12-14-41)54-30-56(68-88-54)81-24-23-69-21-18-45(19-22-69)85-46-26-47(27-46)86-55-25-42(17-20-64-55)72-43-15-16-44(72)33-70(32-43)51-29-50(66-67-58(51)63)49-9-7-8-10-53(49)82-35-83-89(76,77)78/h7-14,17,20,25,29-30,36-39,43-48,52,57H,15-16,18-19,21-24,26-28,32-35H2,1-6H3,(H2,63,67)(H,65,73)(H2,76,77,78)/t37-,38?,39?,43?,44?,46-,47-,48+,52-,57+/m0/s1. The Labute approximate surface area is 532 Å². The number of para-hydroxylation sites is 1. The van der Waals surface area contributed by atoms with Crippen molar-refractivity contribution >= 4 is 62.6 Å². The van der Waals surface area contributed by atoms with Crippen LogP contribution in [0.3, 0.4) is 0 Å². The minimum atomic E-state index is -4.73. The van der Waals surface area contributed by atoms with Crippen LogP contribution in [0.25, 0.3) is 11.3 Å². The number of nitriles is 1. The van der Waals surface area contributed by atoms with Crippen molar-refractivity contribution in [2.24, 2.45) is 5.92 Å². The van der Waals surface area contributed by atoms with Crippen LogP contribution in [0.4, 0.5) is 22.0 Å². The number of benzene rings is 2. The third-order valence-corrected chi connectivity index (χ3v) is 20.6. The smallest absolute Gasteiger partial charge is 0.474 e. The van der Waals surface area contributed by atoms with Crippen molar-refractivity contribution in [1.29, 1.82) is 5.26 Å². The zero-order chi connectivity index (χ0) is 64.7. The minimum Gasteiger partial charge on any atom is -0.474 e. The van der Waals surface area contributed by atoms with E-state index < -0.39 is 76.9 Å². The zero-order valence-corrected chi connectivity index (χ0v) is 54.0. The first-order valence-electron chi connectivity index (χ1n) is 30.5. The van der Waals surface area contributed by atoms with Gasteiger partial charge in [-0.1, -0.05) is 38.1 Å². The first-order chi connectivity index (χ1) is 43.4. The van der Waals surface area contributed by atoms with Gasteiger partial charge in [-0.15, -0.1) is 10.2 Å². The summed E-state index contributed by atoms with van der Waals surface area (Å²) in [6, 6.07) is 22.2. The van der Waals surface area contributed by atoms with Gasteiger partial charge in [0, 0.05) is 99.9 Å². The number of nitrogens with zero attached hydrogens (tertiary/aromatic N) is 9. The Bertz CT molecular complexity index is 3550. The van der Waals surface area contributed by atoms with Crippen molar-refractivity contribution in [1.82, 2.24) is 35.5 Å². The molecule has 1 saturated carbocycles. The van der Waals surface area contributed by atoms with E-state index in [0.717, 1.165) is 74.8 Å². The largest absolute Gasteiger partial charge is 0.508 e. The molecule has 27 nitrogen and oxygen atoms in total. The summed E-state index contributed by atoms with van der Waals surface area (Å²) in [4.78, 5) is 73.1. The minimum absolute atomic E-state index is 0.0134. The van der Waals surface area contributed by atoms with Crippen molar-refractivity contribution in [2.75, 3.05) is 74.5 Å². The van der Waals surface area contributed by atoms with Crippen LogP contribution in [-0.2, 0) is 41.8 Å². The van der Waals surface area contributed by atoms with Gasteiger partial charge < -0.3 is 68.5 Å². The number of carbonyl (C=O) groups excluding carboxylic acids is 3. The summed E-state index contributed by atoms with van der Waals surface area (Å²) in [6.07, 6.45) is 5.43. The number of nitrogens with two attached hydrogens (primary N) is 1. The van der Waals surface area contributed by atoms with Crippen LogP contribution in [0.1, 0.15) is 108 Å². The summed E-state index contributed by atoms with van der Waals surface area (Å²) < 4.78 is 81.0. The van der Waals surface area contributed by atoms with Crippen LogP contribution < -0.4 is 35.1 Å². The number of piperidine rings is 1. The number of piperazine rings is 1. The lowest BCUT2D eigenvalue weighted by Crippen LogP contribution is -2.54. The molecule has 2 bridgehead atoms. The molecule has 8 atom stereocenters. The Morgan fingerprint density at radius 3 is 2.30 bits per heavy atom. The number of carbonyl (C=O) groups is 3. The van der Waals surface area contributed by atoms with E-state index >= 15 is 0 Å². The summed E-state index contributed by atoms with van der Waals surface area (Å²) >= 11 is 0. The molecular weight excluding hydrogens is 1240 g/mol. The first-order valence-corrected chi connectivity index (χ1v) is 35.3. The highest BCUT2D eigenvalue weighted by atomic mass is 33.1. The Balaban J connectivity index is 0.666. The van der Waals surface area contributed by atoms with Gasteiger partial charge in [-0.3, -0.25) is 14.5 Å².